The van der Waals surface area contributed by atoms with E-state index in [-0.39, 0.29) is 13.6 Å². The van der Waals surface area contributed by atoms with E-state index < -0.39 is 24.1 Å². The maximum Gasteiger partial charge on any atom is 0.336 e. The molecule has 0 aliphatic heterocycles. The van der Waals surface area contributed by atoms with Crippen LogP contribution in [-0.2, 0) is 28.5 Å². The minimum Gasteiger partial charge on any atom is -0.479 e. The van der Waals surface area contributed by atoms with Crippen molar-refractivity contribution in [3.05, 3.63) is 0 Å². The molecule has 0 spiro atoms. The van der Waals surface area contributed by atoms with E-state index in [1.54, 1.807) is 0 Å². The normalized spacial score (nSPS) is 14.4. The minimum atomic E-state index is -1.66. The molecule has 8 heteroatoms. The summed E-state index contributed by atoms with van der Waals surface area (Å²) in [5.41, 5.74) is 0. The third-order valence-electron chi connectivity index (χ3n) is 1.49. The summed E-state index contributed by atoms with van der Waals surface area (Å²) >= 11 is 0. The molecule has 0 radical (unpaired) electrons. The molecule has 2 unspecified atom stereocenters. The molecular formula is C8H14O8. The highest BCUT2D eigenvalue weighted by Gasteiger charge is 2.35. The zero-order chi connectivity index (χ0) is 12.6. The molecule has 0 fully saturated rings. The molecule has 0 amide bonds. The fourth-order valence-corrected chi connectivity index (χ4v) is 0.859. The van der Waals surface area contributed by atoms with Crippen molar-refractivity contribution in [2.45, 2.75) is 12.2 Å². The van der Waals surface area contributed by atoms with Gasteiger partial charge in [0.25, 0.3) is 0 Å². The summed E-state index contributed by atoms with van der Waals surface area (Å²) in [5, 5.41) is 17.5. The van der Waals surface area contributed by atoms with E-state index in [2.05, 4.69) is 9.47 Å². The molecular weight excluding hydrogens is 224 g/mol. The summed E-state index contributed by atoms with van der Waals surface area (Å²) in [5.74, 6) is -2.92. The van der Waals surface area contributed by atoms with E-state index >= 15 is 0 Å². The van der Waals surface area contributed by atoms with Crippen LogP contribution in [-0.4, -0.2) is 62.2 Å². The molecule has 94 valence electrons. The first-order valence-electron chi connectivity index (χ1n) is 4.21. The summed E-state index contributed by atoms with van der Waals surface area (Å²) in [6.07, 6.45) is -3.32. The second kappa shape index (κ2) is 7.99. The fourth-order valence-electron chi connectivity index (χ4n) is 0.859. The quantitative estimate of drug-likeness (QED) is 0.499. The van der Waals surface area contributed by atoms with Crippen LogP contribution in [0.2, 0.25) is 0 Å². The van der Waals surface area contributed by atoms with E-state index in [0.29, 0.717) is 0 Å². The Morgan fingerprint density at radius 1 is 0.938 bits per heavy atom. The lowest BCUT2D eigenvalue weighted by atomic mass is 10.2. The van der Waals surface area contributed by atoms with Crippen molar-refractivity contribution in [3.8, 4) is 0 Å². The van der Waals surface area contributed by atoms with Crippen molar-refractivity contribution in [2.75, 3.05) is 27.8 Å². The van der Waals surface area contributed by atoms with Crippen LogP contribution in [0.3, 0.4) is 0 Å². The average Bonchev–Trinajstić information content (AvgIpc) is 2.21. The standard InChI is InChI=1S/C8H14O8/c1-13-3-15-5(7(9)10)6(8(11)12)16-4-14-2/h5-6H,3-4H2,1-2H3,(H,9,10)(H,11,12). The highest BCUT2D eigenvalue weighted by molar-refractivity contribution is 5.83. The number of hydrogen-bond acceptors (Lipinski definition) is 6. The first kappa shape index (κ1) is 14.8. The van der Waals surface area contributed by atoms with Crippen LogP contribution >= 0.6 is 0 Å². The van der Waals surface area contributed by atoms with Crippen LogP contribution in [0, 0.1) is 0 Å². The SMILES string of the molecule is COCOC(C(=O)O)C(OCOC)C(=O)O. The van der Waals surface area contributed by atoms with Gasteiger partial charge in [-0.25, -0.2) is 9.59 Å². The number of hydrogen-bond donors (Lipinski definition) is 2. The van der Waals surface area contributed by atoms with Crippen molar-refractivity contribution in [1.29, 1.82) is 0 Å². The molecule has 0 aliphatic carbocycles. The fraction of sp³-hybridized carbons (Fsp3) is 0.750. The Bertz CT molecular complexity index is 204. The Labute approximate surface area is 91.7 Å². The molecule has 16 heavy (non-hydrogen) atoms. The van der Waals surface area contributed by atoms with Gasteiger partial charge >= 0.3 is 11.9 Å². The third-order valence-corrected chi connectivity index (χ3v) is 1.49. The second-order valence-corrected chi connectivity index (χ2v) is 2.66. The molecule has 0 aromatic heterocycles. The first-order chi connectivity index (χ1) is 7.54. The molecule has 0 bridgehead atoms. The average molecular weight is 238 g/mol. The Balaban J connectivity index is 4.52. The van der Waals surface area contributed by atoms with Gasteiger partial charge in [0.2, 0.25) is 0 Å². The maximum absolute atomic E-state index is 10.7. The molecule has 0 aromatic rings. The maximum atomic E-state index is 10.7. The lowest BCUT2D eigenvalue weighted by Gasteiger charge is -2.20. The smallest absolute Gasteiger partial charge is 0.336 e. The van der Waals surface area contributed by atoms with Crippen molar-refractivity contribution in [3.63, 3.8) is 0 Å². The predicted octanol–water partition coefficient (Wildman–Crippen LogP) is -0.866. The van der Waals surface area contributed by atoms with Crippen LogP contribution in [0.25, 0.3) is 0 Å². The van der Waals surface area contributed by atoms with Gasteiger partial charge in [0.05, 0.1) is 0 Å². The molecule has 0 saturated carbocycles. The lowest BCUT2D eigenvalue weighted by molar-refractivity contribution is -0.196. The highest BCUT2D eigenvalue weighted by Crippen LogP contribution is 2.06. The van der Waals surface area contributed by atoms with E-state index in [4.69, 9.17) is 19.7 Å². The molecule has 0 aliphatic rings. The monoisotopic (exact) mass is 238 g/mol. The first-order valence-corrected chi connectivity index (χ1v) is 4.21. The molecule has 0 heterocycles. The Morgan fingerprint density at radius 3 is 1.44 bits per heavy atom. The highest BCUT2D eigenvalue weighted by atomic mass is 16.7. The molecule has 2 atom stereocenters. The number of ether oxygens (including phenoxy) is 4. The molecule has 0 saturated heterocycles. The van der Waals surface area contributed by atoms with Gasteiger partial charge in [0.15, 0.2) is 12.2 Å². The topological polar surface area (TPSA) is 112 Å². The summed E-state index contributed by atoms with van der Waals surface area (Å²) in [6, 6.07) is 0. The number of carbonyl (C=O) groups is 2. The molecule has 8 nitrogen and oxygen atoms in total. The summed E-state index contributed by atoms with van der Waals surface area (Å²) in [7, 11) is 2.56. The van der Waals surface area contributed by atoms with Crippen molar-refractivity contribution >= 4 is 11.9 Å². The van der Waals surface area contributed by atoms with Crippen molar-refractivity contribution in [1.82, 2.24) is 0 Å². The summed E-state index contributed by atoms with van der Waals surface area (Å²) < 4.78 is 18.4. The van der Waals surface area contributed by atoms with Crippen LogP contribution in [0.15, 0.2) is 0 Å². The summed E-state index contributed by atoms with van der Waals surface area (Å²) in [6.45, 7) is -0.700. The van der Waals surface area contributed by atoms with E-state index in [9.17, 15) is 9.59 Å². The van der Waals surface area contributed by atoms with Crippen molar-refractivity contribution in [2.24, 2.45) is 0 Å². The van der Waals surface area contributed by atoms with Gasteiger partial charge in [-0.1, -0.05) is 0 Å². The molecule has 0 rings (SSSR count). The van der Waals surface area contributed by atoms with Gasteiger partial charge in [0.1, 0.15) is 13.6 Å². The van der Waals surface area contributed by atoms with Crippen LogP contribution in [0.4, 0.5) is 0 Å². The number of carboxylic acid groups (broad SMARTS) is 2. The van der Waals surface area contributed by atoms with Gasteiger partial charge in [-0.3, -0.25) is 0 Å². The largest absolute Gasteiger partial charge is 0.479 e. The number of aliphatic carboxylic acids is 2. The van der Waals surface area contributed by atoms with E-state index in [1.165, 1.54) is 14.2 Å². The Morgan fingerprint density at radius 2 is 1.25 bits per heavy atom. The van der Waals surface area contributed by atoms with Crippen LogP contribution in [0.5, 0.6) is 0 Å². The third kappa shape index (κ3) is 5.03. The zero-order valence-corrected chi connectivity index (χ0v) is 8.91. The minimum absolute atomic E-state index is 0.350. The van der Waals surface area contributed by atoms with Gasteiger partial charge in [-0.05, 0) is 0 Å². The predicted molar refractivity (Wildman–Crippen MR) is 48.8 cm³/mol. The number of methoxy groups -OCH3 is 2. The van der Waals surface area contributed by atoms with Gasteiger partial charge < -0.3 is 29.2 Å². The second-order valence-electron chi connectivity index (χ2n) is 2.66. The molecule has 0 aromatic carbocycles. The number of carboxylic acids is 2. The van der Waals surface area contributed by atoms with E-state index in [1.807, 2.05) is 0 Å². The van der Waals surface area contributed by atoms with E-state index in [0.717, 1.165) is 0 Å². The van der Waals surface area contributed by atoms with Crippen molar-refractivity contribution < 1.29 is 38.7 Å². The number of rotatable bonds is 9. The molecule has 2 N–H and O–H groups in total. The zero-order valence-electron chi connectivity index (χ0n) is 8.91. The Hall–Kier alpha value is -1.22. The van der Waals surface area contributed by atoms with Gasteiger partial charge in [-0.15, -0.1) is 0 Å². The van der Waals surface area contributed by atoms with Crippen LogP contribution < -0.4 is 0 Å². The van der Waals surface area contributed by atoms with Gasteiger partial charge in [-0.2, -0.15) is 0 Å². The Kier molecular flexibility index (Phi) is 7.38. The lowest BCUT2D eigenvalue weighted by Crippen LogP contribution is -2.44. The summed E-state index contributed by atoms with van der Waals surface area (Å²) in [4.78, 5) is 21.5. The van der Waals surface area contributed by atoms with Crippen LogP contribution in [0.1, 0.15) is 0 Å². The van der Waals surface area contributed by atoms with Gasteiger partial charge in [0, 0.05) is 14.2 Å².